The summed E-state index contributed by atoms with van der Waals surface area (Å²) in [6.07, 6.45) is 1.01. The van der Waals surface area contributed by atoms with Gasteiger partial charge in [-0.15, -0.1) is 0 Å². The summed E-state index contributed by atoms with van der Waals surface area (Å²) in [6, 6.07) is 21.6. The van der Waals surface area contributed by atoms with Gasteiger partial charge in [0.2, 0.25) is 0 Å². The van der Waals surface area contributed by atoms with Crippen LogP contribution < -0.4 is 0 Å². The van der Waals surface area contributed by atoms with E-state index in [0.717, 1.165) is 6.42 Å². The van der Waals surface area contributed by atoms with Crippen LogP contribution >= 0.6 is 0 Å². The van der Waals surface area contributed by atoms with Crippen molar-refractivity contribution in [2.45, 2.75) is 6.42 Å². The zero-order valence-electron chi connectivity index (χ0n) is 7.72. The second kappa shape index (κ2) is 5.77. The Hall–Kier alpha value is -0.872. The molecule has 2 aromatic carbocycles. The molecule has 0 nitrogen and oxygen atoms in total. The summed E-state index contributed by atoms with van der Waals surface area (Å²) in [5.41, 5.74) is 2.69. The van der Waals surface area contributed by atoms with Gasteiger partial charge in [0.1, 0.15) is 0 Å². The molecule has 0 N–H and O–H groups in total. The minimum Gasteiger partial charge on any atom is -0.0622 e. The summed E-state index contributed by atoms with van der Waals surface area (Å²) < 4.78 is 0. The van der Waals surface area contributed by atoms with Gasteiger partial charge in [-0.25, -0.2) is 0 Å². The van der Waals surface area contributed by atoms with Gasteiger partial charge in [0.15, 0.2) is 0 Å². The first-order valence-electron chi connectivity index (χ1n) is 4.44. The maximum atomic E-state index is 3.02. The van der Waals surface area contributed by atoms with Crippen LogP contribution in [0.3, 0.4) is 0 Å². The van der Waals surface area contributed by atoms with Crippen molar-refractivity contribution in [2.75, 3.05) is 0 Å². The molecular formula is C13H11Pt. The maximum Gasteiger partial charge on any atom is 0 e. The maximum absolute atomic E-state index is 3.02. The molecule has 73 valence electrons. The molecule has 0 aliphatic rings. The monoisotopic (exact) mass is 362 g/mol. The SMILES string of the molecule is [Pt].[c]1ccc(Cc2ccccc2)cc1. The molecule has 0 aromatic heterocycles. The molecule has 0 atom stereocenters. The van der Waals surface area contributed by atoms with E-state index in [1.165, 1.54) is 11.1 Å². The molecule has 0 spiro atoms. The van der Waals surface area contributed by atoms with E-state index in [-0.39, 0.29) is 21.1 Å². The van der Waals surface area contributed by atoms with Crippen molar-refractivity contribution in [1.82, 2.24) is 0 Å². The predicted octanol–water partition coefficient (Wildman–Crippen LogP) is 3.08. The second-order valence-electron chi connectivity index (χ2n) is 3.07. The Bertz CT molecular complexity index is 316. The van der Waals surface area contributed by atoms with Crippen molar-refractivity contribution in [3.05, 3.63) is 71.8 Å². The van der Waals surface area contributed by atoms with E-state index in [9.17, 15) is 0 Å². The minimum atomic E-state index is 0. The first-order chi connectivity index (χ1) is 6.45. The van der Waals surface area contributed by atoms with Crippen LogP contribution in [0.2, 0.25) is 0 Å². The average Bonchev–Trinajstić information content (AvgIpc) is 2.21. The van der Waals surface area contributed by atoms with Crippen LogP contribution in [0.4, 0.5) is 0 Å². The molecule has 0 amide bonds. The Morgan fingerprint density at radius 1 is 0.786 bits per heavy atom. The normalized spacial score (nSPS) is 9.14. The van der Waals surface area contributed by atoms with Crippen LogP contribution in [0, 0.1) is 6.07 Å². The number of benzene rings is 2. The summed E-state index contributed by atoms with van der Waals surface area (Å²) >= 11 is 0. The molecule has 0 unspecified atom stereocenters. The van der Waals surface area contributed by atoms with E-state index in [1.54, 1.807) is 0 Å². The van der Waals surface area contributed by atoms with Crippen molar-refractivity contribution in [2.24, 2.45) is 0 Å². The van der Waals surface area contributed by atoms with E-state index >= 15 is 0 Å². The van der Waals surface area contributed by atoms with Crippen LogP contribution in [0.15, 0.2) is 54.6 Å². The summed E-state index contributed by atoms with van der Waals surface area (Å²) in [5.74, 6) is 0. The Balaban J connectivity index is 0.000000980. The van der Waals surface area contributed by atoms with Crippen LogP contribution in [0.1, 0.15) is 11.1 Å². The number of hydrogen-bond acceptors (Lipinski definition) is 0. The smallest absolute Gasteiger partial charge is 0 e. The molecule has 14 heavy (non-hydrogen) atoms. The summed E-state index contributed by atoms with van der Waals surface area (Å²) in [6.45, 7) is 0. The quantitative estimate of drug-likeness (QED) is 0.770. The van der Waals surface area contributed by atoms with Crippen molar-refractivity contribution < 1.29 is 21.1 Å². The van der Waals surface area contributed by atoms with Gasteiger partial charge in [-0.1, -0.05) is 54.6 Å². The summed E-state index contributed by atoms with van der Waals surface area (Å²) in [5, 5.41) is 0. The van der Waals surface area contributed by atoms with Crippen molar-refractivity contribution in [3.8, 4) is 0 Å². The fraction of sp³-hybridized carbons (Fsp3) is 0.0769. The first-order valence-corrected chi connectivity index (χ1v) is 4.44. The van der Waals surface area contributed by atoms with Gasteiger partial charge in [0, 0.05) is 21.1 Å². The molecule has 0 saturated heterocycles. The van der Waals surface area contributed by atoms with Gasteiger partial charge in [-0.2, -0.15) is 0 Å². The Labute approximate surface area is 99.2 Å². The standard InChI is InChI=1S/C13H11.Pt/c1-3-7-12(8-4-1)11-13-9-5-2-6-10-13;/h1,3-10H,11H2;. The van der Waals surface area contributed by atoms with E-state index < -0.39 is 0 Å². The molecule has 0 fully saturated rings. The molecule has 0 bridgehead atoms. The van der Waals surface area contributed by atoms with E-state index in [4.69, 9.17) is 0 Å². The van der Waals surface area contributed by atoms with E-state index in [2.05, 4.69) is 42.5 Å². The summed E-state index contributed by atoms with van der Waals surface area (Å²) in [7, 11) is 0. The molecule has 0 heterocycles. The van der Waals surface area contributed by atoms with Crippen LogP contribution in [-0.4, -0.2) is 0 Å². The third-order valence-electron chi connectivity index (χ3n) is 2.04. The van der Waals surface area contributed by atoms with Gasteiger partial charge in [0.05, 0.1) is 0 Å². The molecule has 1 heteroatoms. The zero-order valence-corrected chi connectivity index (χ0v) is 9.99. The van der Waals surface area contributed by atoms with E-state index in [0.29, 0.717) is 0 Å². The van der Waals surface area contributed by atoms with E-state index in [1.807, 2.05) is 18.2 Å². The second-order valence-corrected chi connectivity index (χ2v) is 3.07. The van der Waals surface area contributed by atoms with Gasteiger partial charge in [-0.3, -0.25) is 0 Å². The molecular weight excluding hydrogens is 351 g/mol. The third-order valence-corrected chi connectivity index (χ3v) is 2.04. The zero-order chi connectivity index (χ0) is 8.93. The molecule has 1 radical (unpaired) electrons. The number of hydrogen-bond donors (Lipinski definition) is 0. The molecule has 0 aliphatic heterocycles. The molecule has 0 saturated carbocycles. The average molecular weight is 362 g/mol. The fourth-order valence-electron chi connectivity index (χ4n) is 1.37. The van der Waals surface area contributed by atoms with Crippen molar-refractivity contribution in [3.63, 3.8) is 0 Å². The van der Waals surface area contributed by atoms with Gasteiger partial charge in [0.25, 0.3) is 0 Å². The van der Waals surface area contributed by atoms with Gasteiger partial charge >= 0.3 is 0 Å². The Kier molecular flexibility index (Phi) is 4.62. The number of rotatable bonds is 2. The molecule has 0 aliphatic carbocycles. The topological polar surface area (TPSA) is 0 Å². The van der Waals surface area contributed by atoms with Gasteiger partial charge in [-0.05, 0) is 23.6 Å². The molecule has 2 aromatic rings. The van der Waals surface area contributed by atoms with Crippen LogP contribution in [0.5, 0.6) is 0 Å². The van der Waals surface area contributed by atoms with Crippen molar-refractivity contribution in [1.29, 1.82) is 0 Å². The largest absolute Gasteiger partial charge is 0.0622 e. The predicted molar refractivity (Wildman–Crippen MR) is 54.5 cm³/mol. The van der Waals surface area contributed by atoms with Crippen molar-refractivity contribution >= 4 is 0 Å². The third kappa shape index (κ3) is 3.12. The summed E-state index contributed by atoms with van der Waals surface area (Å²) in [4.78, 5) is 0. The first kappa shape index (κ1) is 11.2. The Morgan fingerprint density at radius 3 is 2.00 bits per heavy atom. The fourth-order valence-corrected chi connectivity index (χ4v) is 1.37. The van der Waals surface area contributed by atoms with Gasteiger partial charge < -0.3 is 0 Å². The Morgan fingerprint density at radius 2 is 1.36 bits per heavy atom. The van der Waals surface area contributed by atoms with Crippen LogP contribution in [0.25, 0.3) is 0 Å². The van der Waals surface area contributed by atoms with Crippen LogP contribution in [-0.2, 0) is 27.5 Å². The molecule has 2 rings (SSSR count). The minimum absolute atomic E-state index is 0.